The van der Waals surface area contributed by atoms with Crippen molar-refractivity contribution >= 4 is 0 Å². The van der Waals surface area contributed by atoms with Crippen LogP contribution in [-0.4, -0.2) is 0 Å². The van der Waals surface area contributed by atoms with Crippen molar-refractivity contribution in [3.8, 4) is 0 Å². The van der Waals surface area contributed by atoms with Gasteiger partial charge in [0, 0.05) is 19.5 Å². The Labute approximate surface area is 79.5 Å². The van der Waals surface area contributed by atoms with Crippen LogP contribution in [-0.2, 0) is 19.5 Å². The smallest absolute Gasteiger partial charge is 0 e. The van der Waals surface area contributed by atoms with Crippen molar-refractivity contribution in [3.63, 3.8) is 0 Å². The zero-order chi connectivity index (χ0) is 7.86. The average molecular weight is 195 g/mol. The second-order valence-electron chi connectivity index (χ2n) is 3.41. The first kappa shape index (κ1) is 16.9. The monoisotopic (exact) mass is 193 g/mol. The van der Waals surface area contributed by atoms with Gasteiger partial charge >= 0.3 is 0 Å². The Morgan fingerprint density at radius 2 is 1.10 bits per heavy atom. The number of hydrogen-bond donors (Lipinski definition) is 0. The molecule has 10 heavy (non-hydrogen) atoms. The normalized spacial score (nSPS) is 8.40. The van der Waals surface area contributed by atoms with Gasteiger partial charge in [-0.25, -0.2) is 0 Å². The van der Waals surface area contributed by atoms with E-state index < -0.39 is 0 Å². The predicted molar refractivity (Wildman–Crippen MR) is 45.3 cm³/mol. The van der Waals surface area contributed by atoms with Crippen molar-refractivity contribution < 1.29 is 19.5 Å². The Balaban J connectivity index is -0.0000000910. The van der Waals surface area contributed by atoms with E-state index in [-0.39, 0.29) is 19.5 Å². The SMILES string of the molecule is CC(C)C.[CH2-]CC(C)C.[Zn]. The van der Waals surface area contributed by atoms with Crippen molar-refractivity contribution in [1.82, 2.24) is 0 Å². The van der Waals surface area contributed by atoms with Gasteiger partial charge in [-0.2, -0.15) is 6.42 Å². The van der Waals surface area contributed by atoms with Crippen LogP contribution in [0.4, 0.5) is 0 Å². The summed E-state index contributed by atoms with van der Waals surface area (Å²) in [6.07, 6.45) is 1.06. The molecule has 0 saturated heterocycles. The molecular formula is C9H21Zn-. The molecule has 0 atom stereocenters. The van der Waals surface area contributed by atoms with Gasteiger partial charge in [-0.3, -0.25) is 0 Å². The second-order valence-corrected chi connectivity index (χ2v) is 3.41. The van der Waals surface area contributed by atoms with E-state index in [0.717, 1.165) is 18.3 Å². The van der Waals surface area contributed by atoms with Crippen LogP contribution < -0.4 is 0 Å². The zero-order valence-electron chi connectivity index (χ0n) is 8.28. The molecule has 0 N–H and O–H groups in total. The Morgan fingerprint density at radius 1 is 1.00 bits per heavy atom. The third-order valence-corrected chi connectivity index (χ3v) is 0.577. The second kappa shape index (κ2) is 12.3. The van der Waals surface area contributed by atoms with Crippen LogP contribution in [0.1, 0.15) is 41.0 Å². The summed E-state index contributed by atoms with van der Waals surface area (Å²) in [7, 11) is 0. The third kappa shape index (κ3) is 72.8. The Kier molecular flexibility index (Phi) is 20.8. The van der Waals surface area contributed by atoms with E-state index in [2.05, 4.69) is 41.5 Å². The van der Waals surface area contributed by atoms with Gasteiger partial charge in [0.2, 0.25) is 0 Å². The summed E-state index contributed by atoms with van der Waals surface area (Å²) in [5.41, 5.74) is 0. The molecule has 0 fully saturated rings. The summed E-state index contributed by atoms with van der Waals surface area (Å²) in [6, 6.07) is 0. The predicted octanol–water partition coefficient (Wildman–Crippen LogP) is 3.53. The van der Waals surface area contributed by atoms with Gasteiger partial charge in [-0.1, -0.05) is 40.5 Å². The molecule has 0 saturated carbocycles. The minimum absolute atomic E-state index is 0. The van der Waals surface area contributed by atoms with E-state index in [1.165, 1.54) is 0 Å². The van der Waals surface area contributed by atoms with E-state index in [0.29, 0.717) is 0 Å². The molecular weight excluding hydrogens is 173 g/mol. The molecule has 1 heteroatoms. The molecule has 0 unspecified atom stereocenters. The van der Waals surface area contributed by atoms with Gasteiger partial charge in [-0.05, 0) is 5.92 Å². The van der Waals surface area contributed by atoms with Crippen LogP contribution in [0.3, 0.4) is 0 Å². The standard InChI is InChI=1S/C5H11.C4H10.Zn/c1-4-5(2)3;1-4(2)3;/h5H,1,4H2,2-3H3;4H,1-3H3;/q-1;;. The van der Waals surface area contributed by atoms with E-state index in [4.69, 9.17) is 0 Å². The summed E-state index contributed by atoms with van der Waals surface area (Å²) in [5.74, 6) is 1.61. The molecule has 60 valence electrons. The van der Waals surface area contributed by atoms with Gasteiger partial charge in [-0.15, -0.1) is 0 Å². The van der Waals surface area contributed by atoms with E-state index in [1.54, 1.807) is 0 Å². The fourth-order valence-corrected chi connectivity index (χ4v) is 0. The van der Waals surface area contributed by atoms with Gasteiger partial charge in [0.25, 0.3) is 0 Å². The summed E-state index contributed by atoms with van der Waals surface area (Å²) >= 11 is 0. The topological polar surface area (TPSA) is 0 Å². The molecule has 0 aliphatic rings. The van der Waals surface area contributed by atoms with E-state index >= 15 is 0 Å². The molecule has 0 aliphatic heterocycles. The summed E-state index contributed by atoms with van der Waals surface area (Å²) < 4.78 is 0. The Bertz CT molecular complexity index is 37.2. The molecule has 0 bridgehead atoms. The van der Waals surface area contributed by atoms with Crippen molar-refractivity contribution in [1.29, 1.82) is 0 Å². The first-order valence-corrected chi connectivity index (χ1v) is 3.79. The maximum absolute atomic E-state index is 3.69. The third-order valence-electron chi connectivity index (χ3n) is 0.577. The molecule has 0 aromatic carbocycles. The molecule has 0 aromatic heterocycles. The molecule has 0 aliphatic carbocycles. The fourth-order valence-electron chi connectivity index (χ4n) is 0. The zero-order valence-corrected chi connectivity index (χ0v) is 11.2. The summed E-state index contributed by atoms with van der Waals surface area (Å²) in [5, 5.41) is 0. The minimum Gasteiger partial charge on any atom is -0.343 e. The van der Waals surface area contributed by atoms with Gasteiger partial charge in [0.1, 0.15) is 0 Å². The fraction of sp³-hybridized carbons (Fsp3) is 0.889. The van der Waals surface area contributed by atoms with Crippen molar-refractivity contribution in [2.24, 2.45) is 11.8 Å². The first-order chi connectivity index (χ1) is 4.00. The Morgan fingerprint density at radius 3 is 1.10 bits per heavy atom. The van der Waals surface area contributed by atoms with Gasteiger partial charge in [0.15, 0.2) is 0 Å². The van der Waals surface area contributed by atoms with Crippen LogP contribution in [0.5, 0.6) is 0 Å². The number of rotatable bonds is 1. The van der Waals surface area contributed by atoms with E-state index in [1.807, 2.05) is 0 Å². The van der Waals surface area contributed by atoms with Gasteiger partial charge < -0.3 is 6.92 Å². The molecule has 0 rings (SSSR count). The summed E-state index contributed by atoms with van der Waals surface area (Å²) in [4.78, 5) is 0. The van der Waals surface area contributed by atoms with Crippen LogP contribution in [0.15, 0.2) is 0 Å². The number of hydrogen-bond acceptors (Lipinski definition) is 0. The minimum atomic E-state index is 0. The maximum Gasteiger partial charge on any atom is 0 e. The Hall–Kier alpha value is 0.623. The molecule has 0 nitrogen and oxygen atoms in total. The van der Waals surface area contributed by atoms with Crippen LogP contribution >= 0.6 is 0 Å². The largest absolute Gasteiger partial charge is 0.343 e. The molecule has 0 heterocycles. The first-order valence-electron chi connectivity index (χ1n) is 3.79. The van der Waals surface area contributed by atoms with E-state index in [9.17, 15) is 0 Å². The molecule has 0 radical (unpaired) electrons. The van der Waals surface area contributed by atoms with Gasteiger partial charge in [0.05, 0.1) is 0 Å². The van der Waals surface area contributed by atoms with Crippen LogP contribution in [0.2, 0.25) is 0 Å². The maximum atomic E-state index is 3.69. The van der Waals surface area contributed by atoms with Crippen LogP contribution in [0.25, 0.3) is 0 Å². The molecule has 0 aromatic rings. The quantitative estimate of drug-likeness (QED) is 0.443. The molecule has 0 spiro atoms. The van der Waals surface area contributed by atoms with Crippen molar-refractivity contribution in [2.75, 3.05) is 0 Å². The van der Waals surface area contributed by atoms with Crippen molar-refractivity contribution in [2.45, 2.75) is 41.0 Å². The van der Waals surface area contributed by atoms with Crippen molar-refractivity contribution in [3.05, 3.63) is 6.92 Å². The van der Waals surface area contributed by atoms with Crippen LogP contribution in [0, 0.1) is 18.8 Å². The molecule has 0 amide bonds. The average Bonchev–Trinajstić information content (AvgIpc) is 1.65. The summed E-state index contributed by atoms with van der Waals surface area (Å²) in [6.45, 7) is 14.5.